The summed E-state index contributed by atoms with van der Waals surface area (Å²) in [4.78, 5) is 11.1. The zero-order valence-corrected chi connectivity index (χ0v) is 9.04. The molecule has 0 aromatic heterocycles. The second-order valence-corrected chi connectivity index (χ2v) is 4.40. The van der Waals surface area contributed by atoms with E-state index < -0.39 is 11.5 Å². The largest absolute Gasteiger partial charge is 0.480 e. The van der Waals surface area contributed by atoms with Crippen LogP contribution in [0.1, 0.15) is 17.5 Å². The van der Waals surface area contributed by atoms with Crippen LogP contribution >= 0.6 is 15.9 Å². The average Bonchev–Trinajstić information content (AvgIpc) is 2.47. The highest BCUT2D eigenvalue weighted by Crippen LogP contribution is 2.39. The molecule has 1 atom stereocenters. The van der Waals surface area contributed by atoms with Crippen LogP contribution in [0.25, 0.3) is 0 Å². The number of aliphatic carboxylic acids is 1. The zero-order valence-electron chi connectivity index (χ0n) is 7.46. The average molecular weight is 256 g/mol. The third-order valence-corrected chi connectivity index (χ3v) is 3.38. The lowest BCUT2D eigenvalue weighted by Gasteiger charge is -2.20. The van der Waals surface area contributed by atoms with Gasteiger partial charge in [-0.3, -0.25) is 0 Å². The number of hydrogen-bond donors (Lipinski definition) is 2. The molecular weight excluding hydrogens is 246 g/mol. The van der Waals surface area contributed by atoms with E-state index in [0.29, 0.717) is 6.42 Å². The maximum Gasteiger partial charge on any atom is 0.328 e. The van der Waals surface area contributed by atoms with E-state index in [9.17, 15) is 4.79 Å². The van der Waals surface area contributed by atoms with Crippen LogP contribution in [0.2, 0.25) is 0 Å². The summed E-state index contributed by atoms with van der Waals surface area (Å²) in [5.74, 6) is -0.955. The van der Waals surface area contributed by atoms with E-state index in [4.69, 9.17) is 10.8 Å². The van der Waals surface area contributed by atoms with Gasteiger partial charge < -0.3 is 10.8 Å². The van der Waals surface area contributed by atoms with Crippen molar-refractivity contribution >= 4 is 21.9 Å². The third-order valence-electron chi connectivity index (χ3n) is 2.72. The maximum atomic E-state index is 11.1. The molecule has 1 unspecified atom stereocenters. The summed E-state index contributed by atoms with van der Waals surface area (Å²) in [6.07, 6.45) is 1.21. The Balaban J connectivity index is 2.64. The molecule has 0 saturated carbocycles. The Labute approximate surface area is 90.0 Å². The second-order valence-electron chi connectivity index (χ2n) is 3.55. The number of hydrogen-bond acceptors (Lipinski definition) is 2. The molecule has 4 heteroatoms. The van der Waals surface area contributed by atoms with Gasteiger partial charge in [-0.2, -0.15) is 0 Å². The topological polar surface area (TPSA) is 63.3 Å². The molecule has 14 heavy (non-hydrogen) atoms. The van der Waals surface area contributed by atoms with Crippen LogP contribution in [0.3, 0.4) is 0 Å². The third kappa shape index (κ3) is 1.18. The summed E-state index contributed by atoms with van der Waals surface area (Å²) in [5, 5.41) is 9.10. The molecule has 0 aliphatic heterocycles. The maximum absolute atomic E-state index is 11.1. The van der Waals surface area contributed by atoms with Gasteiger partial charge in [-0.1, -0.05) is 28.1 Å². The number of carboxylic acid groups (broad SMARTS) is 1. The van der Waals surface area contributed by atoms with Crippen LogP contribution in [-0.2, 0) is 16.8 Å². The highest BCUT2D eigenvalue weighted by Gasteiger charge is 2.43. The number of benzene rings is 1. The molecular formula is C10H10BrNO2. The fraction of sp³-hybridized carbons (Fsp3) is 0.300. The predicted molar refractivity (Wildman–Crippen MR) is 56.0 cm³/mol. The first kappa shape index (κ1) is 9.68. The number of rotatable bonds is 1. The molecule has 0 fully saturated rings. The van der Waals surface area contributed by atoms with E-state index in [0.717, 1.165) is 22.0 Å². The number of nitrogens with two attached hydrogens (primary N) is 1. The van der Waals surface area contributed by atoms with Gasteiger partial charge in [0.1, 0.15) is 5.54 Å². The first-order chi connectivity index (χ1) is 6.55. The standard InChI is InChI=1S/C10H10BrNO2/c11-7-3-1-2-6-4-5-10(12,8(6)7)9(13)14/h1-3H,4-5,12H2,(H,13,14). The van der Waals surface area contributed by atoms with E-state index in [1.165, 1.54) is 0 Å². The molecule has 1 aliphatic rings. The van der Waals surface area contributed by atoms with E-state index in [-0.39, 0.29) is 0 Å². The molecule has 0 radical (unpaired) electrons. The van der Waals surface area contributed by atoms with Crippen molar-refractivity contribution in [1.29, 1.82) is 0 Å². The second kappa shape index (κ2) is 3.07. The van der Waals surface area contributed by atoms with Crippen LogP contribution in [0.5, 0.6) is 0 Å². The minimum absolute atomic E-state index is 0.472. The number of carboxylic acids is 1. The summed E-state index contributed by atoms with van der Waals surface area (Å²) >= 11 is 3.35. The van der Waals surface area contributed by atoms with Gasteiger partial charge in [0.25, 0.3) is 0 Å². The van der Waals surface area contributed by atoms with Crippen molar-refractivity contribution in [2.24, 2.45) is 5.73 Å². The molecule has 2 rings (SSSR count). The number of halogens is 1. The first-order valence-corrected chi connectivity index (χ1v) is 5.15. The van der Waals surface area contributed by atoms with Crippen molar-refractivity contribution in [3.8, 4) is 0 Å². The van der Waals surface area contributed by atoms with Gasteiger partial charge >= 0.3 is 5.97 Å². The molecule has 0 saturated heterocycles. The van der Waals surface area contributed by atoms with Gasteiger partial charge in [0, 0.05) is 10.0 Å². The fourth-order valence-corrected chi connectivity index (χ4v) is 2.71. The normalized spacial score (nSPS) is 24.7. The lowest BCUT2D eigenvalue weighted by atomic mass is 9.93. The van der Waals surface area contributed by atoms with Crippen molar-refractivity contribution < 1.29 is 9.90 Å². The molecule has 1 aliphatic carbocycles. The van der Waals surface area contributed by atoms with Crippen molar-refractivity contribution in [3.63, 3.8) is 0 Å². The Morgan fingerprint density at radius 3 is 2.93 bits per heavy atom. The van der Waals surface area contributed by atoms with E-state index in [1.807, 2.05) is 18.2 Å². The molecule has 0 heterocycles. The minimum Gasteiger partial charge on any atom is -0.480 e. The van der Waals surface area contributed by atoms with Crippen LogP contribution < -0.4 is 5.73 Å². The Morgan fingerprint density at radius 2 is 2.29 bits per heavy atom. The number of fused-ring (bicyclic) bond motifs is 1. The van der Waals surface area contributed by atoms with E-state index >= 15 is 0 Å². The summed E-state index contributed by atoms with van der Waals surface area (Å²) in [6, 6.07) is 5.66. The van der Waals surface area contributed by atoms with Gasteiger partial charge in [-0.15, -0.1) is 0 Å². The van der Waals surface area contributed by atoms with Crippen LogP contribution in [0.15, 0.2) is 22.7 Å². The Morgan fingerprint density at radius 1 is 1.57 bits per heavy atom. The highest BCUT2D eigenvalue weighted by molar-refractivity contribution is 9.10. The Hall–Kier alpha value is -0.870. The van der Waals surface area contributed by atoms with Crippen molar-refractivity contribution in [2.75, 3.05) is 0 Å². The monoisotopic (exact) mass is 255 g/mol. The summed E-state index contributed by atoms with van der Waals surface area (Å²) in [7, 11) is 0. The molecule has 3 N–H and O–H groups in total. The Kier molecular flexibility index (Phi) is 2.12. The molecule has 3 nitrogen and oxygen atoms in total. The fourth-order valence-electron chi connectivity index (χ4n) is 1.95. The van der Waals surface area contributed by atoms with E-state index in [1.54, 1.807) is 0 Å². The highest BCUT2D eigenvalue weighted by atomic mass is 79.9. The van der Waals surface area contributed by atoms with Crippen molar-refractivity contribution in [2.45, 2.75) is 18.4 Å². The number of carbonyl (C=O) groups is 1. The van der Waals surface area contributed by atoms with Crippen molar-refractivity contribution in [3.05, 3.63) is 33.8 Å². The number of aryl methyl sites for hydroxylation is 1. The first-order valence-electron chi connectivity index (χ1n) is 4.36. The lowest BCUT2D eigenvalue weighted by Crippen LogP contribution is -2.42. The van der Waals surface area contributed by atoms with E-state index in [2.05, 4.69) is 15.9 Å². The van der Waals surface area contributed by atoms with Gasteiger partial charge in [0.15, 0.2) is 0 Å². The molecule has 1 aromatic rings. The molecule has 74 valence electrons. The molecule has 1 aromatic carbocycles. The minimum atomic E-state index is -1.21. The quantitative estimate of drug-likeness (QED) is 0.802. The smallest absolute Gasteiger partial charge is 0.328 e. The molecule has 0 spiro atoms. The SMILES string of the molecule is NC1(C(=O)O)CCc2cccc(Br)c21. The predicted octanol–water partition coefficient (Wildman–Crippen LogP) is 1.63. The molecule has 0 bridgehead atoms. The summed E-state index contributed by atoms with van der Waals surface area (Å²) in [6.45, 7) is 0. The molecule has 0 amide bonds. The summed E-state index contributed by atoms with van der Waals surface area (Å²) in [5.41, 5.74) is 6.43. The van der Waals surface area contributed by atoms with Crippen molar-refractivity contribution in [1.82, 2.24) is 0 Å². The zero-order chi connectivity index (χ0) is 10.3. The van der Waals surface area contributed by atoms with Crippen LogP contribution in [-0.4, -0.2) is 11.1 Å². The van der Waals surface area contributed by atoms with Gasteiger partial charge in [-0.05, 0) is 24.5 Å². The van der Waals surface area contributed by atoms with Gasteiger partial charge in [-0.25, -0.2) is 4.79 Å². The van der Waals surface area contributed by atoms with Gasteiger partial charge in [0.05, 0.1) is 0 Å². The van der Waals surface area contributed by atoms with Gasteiger partial charge in [0.2, 0.25) is 0 Å². The van der Waals surface area contributed by atoms with Crippen LogP contribution in [0.4, 0.5) is 0 Å². The van der Waals surface area contributed by atoms with Crippen LogP contribution in [0, 0.1) is 0 Å². The Bertz CT molecular complexity index is 405. The summed E-state index contributed by atoms with van der Waals surface area (Å²) < 4.78 is 0.789. The lowest BCUT2D eigenvalue weighted by molar-refractivity contribution is -0.143.